The fraction of sp³-hybridized carbons (Fsp3) is 0.300. The van der Waals surface area contributed by atoms with E-state index in [2.05, 4.69) is 0 Å². The largest absolute Gasteiger partial charge is 0.419 e. The molecule has 1 saturated heterocycles. The first-order valence-electron chi connectivity index (χ1n) is 9.55. The number of carbonyl (C=O) groups is 1. The molecule has 0 unspecified atom stereocenters. The lowest BCUT2D eigenvalue weighted by molar-refractivity contribution is -0.138. The van der Waals surface area contributed by atoms with Crippen molar-refractivity contribution >= 4 is 27.0 Å². The van der Waals surface area contributed by atoms with E-state index in [0.717, 1.165) is 16.4 Å². The van der Waals surface area contributed by atoms with Gasteiger partial charge >= 0.3 is 11.9 Å². The van der Waals surface area contributed by atoms with Crippen molar-refractivity contribution in [2.75, 3.05) is 26.2 Å². The minimum Gasteiger partial charge on any atom is -0.408 e. The van der Waals surface area contributed by atoms with Crippen LogP contribution in [-0.4, -0.2) is 54.3 Å². The van der Waals surface area contributed by atoms with Crippen LogP contribution in [0.25, 0.3) is 11.1 Å². The third kappa shape index (κ3) is 3.79. The van der Waals surface area contributed by atoms with Crippen molar-refractivity contribution in [3.63, 3.8) is 0 Å². The maximum absolute atomic E-state index is 13.2. The summed E-state index contributed by atoms with van der Waals surface area (Å²) < 4.78 is 73.1. The molecule has 0 radical (unpaired) electrons. The Hall–Kier alpha value is -3.12. The number of hydrogen-bond acceptors (Lipinski definition) is 5. The molecular weight excluding hydrogens is 451 g/mol. The van der Waals surface area contributed by atoms with Crippen LogP contribution in [-0.2, 0) is 23.2 Å². The highest BCUT2D eigenvalue weighted by Crippen LogP contribution is 2.32. The van der Waals surface area contributed by atoms with E-state index in [9.17, 15) is 31.2 Å². The van der Waals surface area contributed by atoms with Crippen LogP contribution >= 0.6 is 0 Å². The number of amides is 1. The van der Waals surface area contributed by atoms with Crippen molar-refractivity contribution in [2.24, 2.45) is 7.05 Å². The SMILES string of the molecule is Cn1c(=O)oc2cc(S(=O)(=O)N3CCN(C(=O)c4ccccc4C(F)(F)F)CC3)ccc21. The molecule has 1 amide bonds. The number of fused-ring (bicyclic) bond motifs is 1. The fourth-order valence-corrected chi connectivity index (χ4v) is 5.08. The summed E-state index contributed by atoms with van der Waals surface area (Å²) in [5.41, 5.74) is -0.942. The second-order valence-corrected chi connectivity index (χ2v) is 9.23. The first-order valence-corrected chi connectivity index (χ1v) is 11.0. The third-order valence-corrected chi connectivity index (χ3v) is 7.28. The Kier molecular flexibility index (Phi) is 5.37. The van der Waals surface area contributed by atoms with E-state index in [0.29, 0.717) is 5.52 Å². The van der Waals surface area contributed by atoms with Gasteiger partial charge in [0.15, 0.2) is 5.58 Å². The van der Waals surface area contributed by atoms with Gasteiger partial charge in [0.25, 0.3) is 5.91 Å². The topological polar surface area (TPSA) is 92.8 Å². The molecular formula is C20H18F3N3O5S. The maximum Gasteiger partial charge on any atom is 0.419 e. The summed E-state index contributed by atoms with van der Waals surface area (Å²) in [5, 5.41) is 0. The van der Waals surface area contributed by atoms with Gasteiger partial charge < -0.3 is 9.32 Å². The molecule has 1 fully saturated rings. The molecule has 3 aromatic rings. The standard InChI is InChI=1S/C20H18F3N3O5S/c1-24-16-7-6-13(12-17(16)31-19(24)28)32(29,30)26-10-8-25(9-11-26)18(27)14-4-2-3-5-15(14)20(21,22)23/h2-7,12H,8-11H2,1H3. The number of sulfonamides is 1. The van der Waals surface area contributed by atoms with Crippen molar-refractivity contribution in [3.05, 3.63) is 64.1 Å². The molecule has 0 N–H and O–H groups in total. The number of aryl methyl sites for hydroxylation is 1. The molecule has 2 heterocycles. The smallest absolute Gasteiger partial charge is 0.408 e. The molecule has 2 aromatic carbocycles. The van der Waals surface area contributed by atoms with Crippen molar-refractivity contribution in [3.8, 4) is 0 Å². The number of nitrogens with zero attached hydrogens (tertiary/aromatic N) is 3. The predicted molar refractivity (Wildman–Crippen MR) is 108 cm³/mol. The number of halogens is 3. The second kappa shape index (κ2) is 7.78. The van der Waals surface area contributed by atoms with Crippen molar-refractivity contribution in [1.82, 2.24) is 13.8 Å². The van der Waals surface area contributed by atoms with Crippen LogP contribution < -0.4 is 5.76 Å². The highest BCUT2D eigenvalue weighted by molar-refractivity contribution is 7.89. The quantitative estimate of drug-likeness (QED) is 0.587. The summed E-state index contributed by atoms with van der Waals surface area (Å²) in [6.45, 7) is -0.294. The normalized spacial score (nSPS) is 15.9. The Morgan fingerprint density at radius 2 is 1.69 bits per heavy atom. The van der Waals surface area contributed by atoms with Crippen LogP contribution in [0.4, 0.5) is 13.2 Å². The number of benzene rings is 2. The first kappa shape index (κ1) is 22.1. The lowest BCUT2D eigenvalue weighted by Gasteiger charge is -2.34. The van der Waals surface area contributed by atoms with E-state index in [4.69, 9.17) is 4.42 Å². The molecule has 0 atom stereocenters. The van der Waals surface area contributed by atoms with Gasteiger partial charge in [0, 0.05) is 39.3 Å². The Morgan fingerprint density at radius 3 is 2.34 bits per heavy atom. The zero-order valence-corrected chi connectivity index (χ0v) is 17.6. The summed E-state index contributed by atoms with van der Waals surface area (Å²) >= 11 is 0. The third-order valence-electron chi connectivity index (χ3n) is 5.39. The number of rotatable bonds is 3. The molecule has 1 aromatic heterocycles. The Morgan fingerprint density at radius 1 is 1.03 bits per heavy atom. The maximum atomic E-state index is 13.2. The molecule has 12 heteroatoms. The Balaban J connectivity index is 1.52. The molecule has 8 nitrogen and oxygen atoms in total. The summed E-state index contributed by atoms with van der Waals surface area (Å²) in [6.07, 6.45) is -4.68. The van der Waals surface area contributed by atoms with Gasteiger partial charge in [-0.1, -0.05) is 12.1 Å². The fourth-order valence-electron chi connectivity index (χ4n) is 3.64. The van der Waals surface area contributed by atoms with Crippen LogP contribution in [0.3, 0.4) is 0 Å². The first-order chi connectivity index (χ1) is 15.0. The van der Waals surface area contributed by atoms with Gasteiger partial charge in [-0.3, -0.25) is 9.36 Å². The van der Waals surface area contributed by atoms with Crippen LogP contribution in [0.2, 0.25) is 0 Å². The van der Waals surface area contributed by atoms with E-state index in [1.807, 2.05) is 0 Å². The summed E-state index contributed by atoms with van der Waals surface area (Å²) in [7, 11) is -2.46. The average molecular weight is 469 g/mol. The monoisotopic (exact) mass is 469 g/mol. The highest BCUT2D eigenvalue weighted by atomic mass is 32.2. The van der Waals surface area contributed by atoms with Crippen molar-refractivity contribution in [1.29, 1.82) is 0 Å². The Labute approximate surface area is 180 Å². The zero-order chi connectivity index (χ0) is 23.3. The molecule has 1 aliphatic heterocycles. The second-order valence-electron chi connectivity index (χ2n) is 7.30. The molecule has 4 rings (SSSR count). The average Bonchev–Trinajstić information content (AvgIpc) is 3.05. The van der Waals surface area contributed by atoms with E-state index in [1.165, 1.54) is 46.8 Å². The number of piperazine rings is 1. The van der Waals surface area contributed by atoms with Crippen LogP contribution in [0.5, 0.6) is 0 Å². The number of alkyl halides is 3. The summed E-state index contributed by atoms with van der Waals surface area (Å²) in [4.78, 5) is 25.4. The van der Waals surface area contributed by atoms with E-state index >= 15 is 0 Å². The van der Waals surface area contributed by atoms with Gasteiger partial charge in [-0.05, 0) is 24.3 Å². The molecule has 0 spiro atoms. The van der Waals surface area contributed by atoms with E-state index in [-0.39, 0.29) is 36.7 Å². The van der Waals surface area contributed by atoms with Crippen LogP contribution in [0, 0.1) is 0 Å². The van der Waals surface area contributed by atoms with Gasteiger partial charge in [-0.2, -0.15) is 17.5 Å². The number of oxazole rings is 1. The number of aromatic nitrogens is 1. The van der Waals surface area contributed by atoms with Gasteiger partial charge in [-0.25, -0.2) is 13.2 Å². The summed E-state index contributed by atoms with van der Waals surface area (Å²) in [5.74, 6) is -1.43. The minimum absolute atomic E-state index is 0.0626. The molecule has 1 aliphatic rings. The lowest BCUT2D eigenvalue weighted by Crippen LogP contribution is -2.50. The van der Waals surface area contributed by atoms with Crippen molar-refractivity contribution < 1.29 is 30.8 Å². The van der Waals surface area contributed by atoms with Gasteiger partial charge in [0.1, 0.15) is 0 Å². The number of carbonyl (C=O) groups excluding carboxylic acids is 1. The highest BCUT2D eigenvalue weighted by Gasteiger charge is 2.37. The van der Waals surface area contributed by atoms with E-state index in [1.54, 1.807) is 0 Å². The van der Waals surface area contributed by atoms with Gasteiger partial charge in [-0.15, -0.1) is 0 Å². The van der Waals surface area contributed by atoms with Crippen molar-refractivity contribution in [2.45, 2.75) is 11.1 Å². The van der Waals surface area contributed by atoms with Crippen LogP contribution in [0.15, 0.2) is 56.6 Å². The molecule has 0 saturated carbocycles. The molecule has 32 heavy (non-hydrogen) atoms. The molecule has 0 bridgehead atoms. The molecule has 0 aliphatic carbocycles. The summed E-state index contributed by atoms with van der Waals surface area (Å²) in [6, 6.07) is 8.56. The molecule has 170 valence electrons. The number of hydrogen-bond donors (Lipinski definition) is 0. The van der Waals surface area contributed by atoms with Gasteiger partial charge in [0.05, 0.1) is 21.5 Å². The van der Waals surface area contributed by atoms with E-state index < -0.39 is 39.0 Å². The zero-order valence-electron chi connectivity index (χ0n) is 16.8. The van der Waals surface area contributed by atoms with Crippen LogP contribution in [0.1, 0.15) is 15.9 Å². The lowest BCUT2D eigenvalue weighted by atomic mass is 10.1. The predicted octanol–water partition coefficient (Wildman–Crippen LogP) is 2.30. The van der Waals surface area contributed by atoms with Gasteiger partial charge in [0.2, 0.25) is 10.0 Å². The Bertz CT molecular complexity index is 1350. The minimum atomic E-state index is -4.68.